The quantitative estimate of drug-likeness (QED) is 0.847. The van der Waals surface area contributed by atoms with Gasteiger partial charge in [0.15, 0.2) is 0 Å². The van der Waals surface area contributed by atoms with Crippen LogP contribution < -0.4 is 15.4 Å². The molecule has 134 valence electrons. The minimum atomic E-state index is -0.0537. The molecule has 1 saturated heterocycles. The summed E-state index contributed by atoms with van der Waals surface area (Å²) in [7, 11) is 1.98. The van der Waals surface area contributed by atoms with E-state index in [1.165, 1.54) is 0 Å². The predicted molar refractivity (Wildman–Crippen MR) is 99.3 cm³/mol. The minimum Gasteiger partial charge on any atom is -0.371 e. The summed E-state index contributed by atoms with van der Waals surface area (Å²) in [6.45, 7) is 7.75. The summed E-state index contributed by atoms with van der Waals surface area (Å²) in [6.07, 6.45) is 5.49. The van der Waals surface area contributed by atoms with Crippen LogP contribution in [0, 0.1) is 6.92 Å². The monoisotopic (exact) mass is 342 g/mol. The van der Waals surface area contributed by atoms with Gasteiger partial charge in [0.25, 0.3) is 5.56 Å². The van der Waals surface area contributed by atoms with Gasteiger partial charge in [-0.05, 0) is 39.7 Å². The molecular formula is C18H26N6O. The first-order valence-corrected chi connectivity index (χ1v) is 8.82. The lowest BCUT2D eigenvalue weighted by Gasteiger charge is -2.33. The number of aromatic nitrogens is 4. The number of nitrogens with zero attached hydrogens (tertiary/aromatic N) is 6. The van der Waals surface area contributed by atoms with E-state index in [2.05, 4.69) is 33.8 Å². The predicted octanol–water partition coefficient (Wildman–Crippen LogP) is 2.03. The fraction of sp³-hybridized carbons (Fsp3) is 0.556. The van der Waals surface area contributed by atoms with Gasteiger partial charge in [0.05, 0.1) is 17.9 Å². The van der Waals surface area contributed by atoms with Gasteiger partial charge in [0.1, 0.15) is 0 Å². The Morgan fingerprint density at radius 1 is 1.36 bits per heavy atom. The highest BCUT2D eigenvalue weighted by Gasteiger charge is 2.24. The molecule has 2 aromatic heterocycles. The first kappa shape index (κ1) is 17.4. The van der Waals surface area contributed by atoms with E-state index in [1.807, 2.05) is 24.9 Å². The Morgan fingerprint density at radius 3 is 2.84 bits per heavy atom. The fourth-order valence-corrected chi connectivity index (χ4v) is 3.10. The Balaban J connectivity index is 1.81. The van der Waals surface area contributed by atoms with Gasteiger partial charge < -0.3 is 9.80 Å². The molecule has 0 aromatic carbocycles. The summed E-state index contributed by atoms with van der Waals surface area (Å²) in [6, 6.07) is 3.93. The molecule has 3 heterocycles. The van der Waals surface area contributed by atoms with E-state index >= 15 is 0 Å². The van der Waals surface area contributed by atoms with Crippen molar-refractivity contribution in [3.05, 3.63) is 40.6 Å². The summed E-state index contributed by atoms with van der Waals surface area (Å²) >= 11 is 0. The number of hydrogen-bond donors (Lipinski definition) is 0. The van der Waals surface area contributed by atoms with Gasteiger partial charge in [0.2, 0.25) is 5.95 Å². The molecule has 7 heteroatoms. The maximum absolute atomic E-state index is 12.6. The Kier molecular flexibility index (Phi) is 5.01. The average Bonchev–Trinajstić information content (AvgIpc) is 2.61. The molecule has 0 spiro atoms. The highest BCUT2D eigenvalue weighted by Crippen LogP contribution is 2.23. The lowest BCUT2D eigenvalue weighted by Crippen LogP contribution is -2.41. The number of aryl methyl sites for hydroxylation is 1. The largest absolute Gasteiger partial charge is 0.371 e. The first-order chi connectivity index (χ1) is 12.0. The molecule has 1 aliphatic heterocycles. The molecule has 0 saturated carbocycles. The van der Waals surface area contributed by atoms with Crippen molar-refractivity contribution < 1.29 is 0 Å². The highest BCUT2D eigenvalue weighted by molar-refractivity contribution is 5.42. The van der Waals surface area contributed by atoms with Gasteiger partial charge in [-0.2, -0.15) is 5.10 Å². The molecule has 0 amide bonds. The summed E-state index contributed by atoms with van der Waals surface area (Å²) in [5, 5.41) is 4.45. The van der Waals surface area contributed by atoms with Crippen LogP contribution in [-0.4, -0.2) is 45.9 Å². The first-order valence-electron chi connectivity index (χ1n) is 8.82. The molecule has 0 N–H and O–H groups in total. The smallest absolute Gasteiger partial charge is 0.269 e. The number of piperidine rings is 1. The summed E-state index contributed by atoms with van der Waals surface area (Å²) in [5.74, 6) is 0.730. The van der Waals surface area contributed by atoms with E-state index in [-0.39, 0.29) is 11.6 Å². The van der Waals surface area contributed by atoms with Gasteiger partial charge in [-0.1, -0.05) is 0 Å². The number of hydrogen-bond acceptors (Lipinski definition) is 6. The van der Waals surface area contributed by atoms with E-state index in [4.69, 9.17) is 0 Å². The zero-order chi connectivity index (χ0) is 18.0. The minimum absolute atomic E-state index is 0.0452. The van der Waals surface area contributed by atoms with E-state index in [0.717, 1.165) is 36.7 Å². The van der Waals surface area contributed by atoms with Gasteiger partial charge in [-0.25, -0.2) is 14.6 Å². The number of rotatable bonds is 4. The molecule has 0 aliphatic carbocycles. The van der Waals surface area contributed by atoms with Crippen LogP contribution in [0.5, 0.6) is 0 Å². The lowest BCUT2D eigenvalue weighted by atomic mass is 10.1. The Labute approximate surface area is 148 Å². The van der Waals surface area contributed by atoms with Crippen LogP contribution >= 0.6 is 0 Å². The Morgan fingerprint density at radius 2 is 2.16 bits per heavy atom. The second kappa shape index (κ2) is 7.21. The molecule has 1 fully saturated rings. The van der Waals surface area contributed by atoms with Crippen LogP contribution in [0.2, 0.25) is 0 Å². The second-order valence-electron chi connectivity index (χ2n) is 6.94. The highest BCUT2D eigenvalue weighted by atomic mass is 16.1. The van der Waals surface area contributed by atoms with Gasteiger partial charge in [-0.15, -0.1) is 0 Å². The molecule has 1 aliphatic rings. The van der Waals surface area contributed by atoms with Crippen molar-refractivity contribution in [1.29, 1.82) is 0 Å². The van der Waals surface area contributed by atoms with Crippen molar-refractivity contribution >= 4 is 11.6 Å². The fourth-order valence-electron chi connectivity index (χ4n) is 3.10. The zero-order valence-electron chi connectivity index (χ0n) is 15.4. The maximum atomic E-state index is 12.6. The van der Waals surface area contributed by atoms with E-state index in [9.17, 15) is 4.79 Å². The van der Waals surface area contributed by atoms with Crippen LogP contribution in [0.25, 0.3) is 0 Å². The Hall–Kier alpha value is -2.44. The lowest BCUT2D eigenvalue weighted by molar-refractivity contribution is 0.360. The molecule has 25 heavy (non-hydrogen) atoms. The van der Waals surface area contributed by atoms with Crippen molar-refractivity contribution in [1.82, 2.24) is 19.7 Å². The van der Waals surface area contributed by atoms with Crippen LogP contribution in [0.15, 0.2) is 29.3 Å². The molecule has 1 unspecified atom stereocenters. The molecule has 0 bridgehead atoms. The summed E-state index contributed by atoms with van der Waals surface area (Å²) in [4.78, 5) is 25.7. The van der Waals surface area contributed by atoms with Crippen LogP contribution in [0.4, 0.5) is 11.6 Å². The molecule has 1 atom stereocenters. The molecular weight excluding hydrogens is 316 g/mol. The number of anilines is 2. The van der Waals surface area contributed by atoms with Crippen LogP contribution in [0.3, 0.4) is 0 Å². The standard InChI is InChI=1S/C18H26N6O/c1-13(2)22(4)16-10-17(25)24(20-11-16)15-6-5-9-23(12-15)18-19-8-7-14(3)21-18/h7-8,10-11,13,15H,5-6,9,12H2,1-4H3. The van der Waals surface area contributed by atoms with Gasteiger partial charge >= 0.3 is 0 Å². The van der Waals surface area contributed by atoms with E-state index in [1.54, 1.807) is 23.1 Å². The van der Waals surface area contributed by atoms with Crippen LogP contribution in [0.1, 0.15) is 38.4 Å². The van der Waals surface area contributed by atoms with Crippen LogP contribution in [-0.2, 0) is 0 Å². The Bertz CT molecular complexity index is 787. The van der Waals surface area contributed by atoms with E-state index in [0.29, 0.717) is 12.6 Å². The van der Waals surface area contributed by atoms with Crippen molar-refractivity contribution in [3.63, 3.8) is 0 Å². The normalized spacial score (nSPS) is 17.8. The van der Waals surface area contributed by atoms with Crippen molar-refractivity contribution in [2.45, 2.75) is 45.7 Å². The maximum Gasteiger partial charge on any atom is 0.269 e. The summed E-state index contributed by atoms with van der Waals surface area (Å²) in [5.41, 5.74) is 1.75. The zero-order valence-corrected chi connectivity index (χ0v) is 15.4. The average molecular weight is 342 g/mol. The van der Waals surface area contributed by atoms with Gasteiger partial charge in [0, 0.05) is 44.1 Å². The second-order valence-corrected chi connectivity index (χ2v) is 6.94. The third kappa shape index (κ3) is 3.81. The third-order valence-corrected chi connectivity index (χ3v) is 4.80. The van der Waals surface area contributed by atoms with Crippen molar-refractivity contribution in [2.75, 3.05) is 29.9 Å². The topological polar surface area (TPSA) is 67.2 Å². The molecule has 3 rings (SSSR count). The summed E-state index contributed by atoms with van der Waals surface area (Å²) < 4.78 is 1.61. The van der Waals surface area contributed by atoms with E-state index < -0.39 is 0 Å². The molecule has 2 aromatic rings. The van der Waals surface area contributed by atoms with Crippen molar-refractivity contribution in [3.8, 4) is 0 Å². The SMILES string of the molecule is Cc1ccnc(N2CCCC(n3ncc(N(C)C(C)C)cc3=O)C2)n1. The van der Waals surface area contributed by atoms with Crippen molar-refractivity contribution in [2.24, 2.45) is 0 Å². The third-order valence-electron chi connectivity index (χ3n) is 4.80. The molecule has 7 nitrogen and oxygen atoms in total. The van der Waals surface area contributed by atoms with Gasteiger partial charge in [-0.3, -0.25) is 4.79 Å². The molecule has 0 radical (unpaired) electrons.